The van der Waals surface area contributed by atoms with E-state index in [0.29, 0.717) is 0 Å². The Morgan fingerprint density at radius 2 is 2.25 bits per heavy atom. The molecule has 1 atom stereocenters. The summed E-state index contributed by atoms with van der Waals surface area (Å²) in [6.07, 6.45) is 7.26. The molecular formula is C14H18BrN. The van der Waals surface area contributed by atoms with Gasteiger partial charge in [-0.3, -0.25) is 0 Å². The lowest BCUT2D eigenvalue weighted by Gasteiger charge is -2.17. The Morgan fingerprint density at radius 1 is 1.50 bits per heavy atom. The predicted molar refractivity (Wildman–Crippen MR) is 73.4 cm³/mol. The molecule has 1 nitrogen and oxygen atoms in total. The fraction of sp³-hybridized carbons (Fsp3) is 0.429. The van der Waals surface area contributed by atoms with Crippen LogP contribution in [0, 0.1) is 19.3 Å². The van der Waals surface area contributed by atoms with Gasteiger partial charge in [0.25, 0.3) is 0 Å². The highest BCUT2D eigenvalue weighted by Gasteiger charge is 2.09. The molecule has 1 rings (SSSR count). The Kier molecular flexibility index (Phi) is 5.59. The van der Waals surface area contributed by atoms with E-state index in [9.17, 15) is 0 Å². The summed E-state index contributed by atoms with van der Waals surface area (Å²) < 4.78 is 1.14. The molecule has 1 aromatic carbocycles. The van der Waals surface area contributed by atoms with E-state index in [2.05, 4.69) is 59.2 Å². The van der Waals surface area contributed by atoms with E-state index in [-0.39, 0.29) is 6.04 Å². The summed E-state index contributed by atoms with van der Waals surface area (Å²) in [6.45, 7) is 5.24. The molecule has 86 valence electrons. The molecule has 0 aromatic heterocycles. The first kappa shape index (κ1) is 13.3. The maximum absolute atomic E-state index is 5.40. The summed E-state index contributed by atoms with van der Waals surface area (Å²) in [5, 5.41) is 3.47. The molecule has 0 amide bonds. The highest BCUT2D eigenvalue weighted by atomic mass is 79.9. The van der Waals surface area contributed by atoms with Crippen molar-refractivity contribution in [3.63, 3.8) is 0 Å². The Labute approximate surface area is 107 Å². The Balaban J connectivity index is 2.84. The SMILES string of the molecule is C#CCC(NCCC)c1ccc(C)c(Br)c1. The minimum Gasteiger partial charge on any atom is -0.309 e. The summed E-state index contributed by atoms with van der Waals surface area (Å²) in [5.74, 6) is 2.73. The summed E-state index contributed by atoms with van der Waals surface area (Å²) in [6, 6.07) is 6.68. The van der Waals surface area contributed by atoms with Crippen molar-refractivity contribution < 1.29 is 0 Å². The van der Waals surface area contributed by atoms with Crippen LogP contribution in [0.1, 0.15) is 36.9 Å². The zero-order valence-electron chi connectivity index (χ0n) is 9.89. The summed E-state index contributed by atoms with van der Waals surface area (Å²) in [7, 11) is 0. The van der Waals surface area contributed by atoms with E-state index in [1.54, 1.807) is 0 Å². The lowest BCUT2D eigenvalue weighted by molar-refractivity contribution is 0.542. The lowest BCUT2D eigenvalue weighted by Crippen LogP contribution is -2.21. The highest BCUT2D eigenvalue weighted by molar-refractivity contribution is 9.10. The van der Waals surface area contributed by atoms with Gasteiger partial charge in [0.15, 0.2) is 0 Å². The maximum Gasteiger partial charge on any atom is 0.0431 e. The number of halogens is 1. The molecule has 2 heteroatoms. The third-order valence-corrected chi connectivity index (χ3v) is 3.42. The van der Waals surface area contributed by atoms with Gasteiger partial charge in [-0.05, 0) is 37.1 Å². The summed E-state index contributed by atoms with van der Waals surface area (Å²) in [4.78, 5) is 0. The van der Waals surface area contributed by atoms with E-state index in [1.807, 2.05) is 0 Å². The first-order valence-electron chi connectivity index (χ1n) is 5.62. The quantitative estimate of drug-likeness (QED) is 0.808. The molecule has 0 aliphatic rings. The Bertz CT molecular complexity index is 379. The lowest BCUT2D eigenvalue weighted by atomic mass is 10.0. The van der Waals surface area contributed by atoms with Crippen molar-refractivity contribution in [2.24, 2.45) is 0 Å². The zero-order valence-corrected chi connectivity index (χ0v) is 11.5. The fourth-order valence-corrected chi connectivity index (χ4v) is 1.97. The van der Waals surface area contributed by atoms with Gasteiger partial charge in [0.05, 0.1) is 0 Å². The largest absolute Gasteiger partial charge is 0.309 e. The van der Waals surface area contributed by atoms with Gasteiger partial charge in [-0.2, -0.15) is 0 Å². The number of terminal acetylenes is 1. The standard InChI is InChI=1S/C14H18BrN/c1-4-6-14(16-9-5-2)12-8-7-11(3)13(15)10-12/h1,7-8,10,14,16H,5-6,9H2,2-3H3. The van der Waals surface area contributed by atoms with Crippen LogP contribution >= 0.6 is 15.9 Å². The number of rotatable bonds is 5. The average molecular weight is 280 g/mol. The van der Waals surface area contributed by atoms with E-state index in [4.69, 9.17) is 6.42 Å². The van der Waals surface area contributed by atoms with Gasteiger partial charge in [-0.1, -0.05) is 35.0 Å². The van der Waals surface area contributed by atoms with Gasteiger partial charge in [-0.15, -0.1) is 12.3 Å². The van der Waals surface area contributed by atoms with Crippen molar-refractivity contribution in [2.75, 3.05) is 6.54 Å². The van der Waals surface area contributed by atoms with Crippen molar-refractivity contribution in [1.29, 1.82) is 0 Å². The van der Waals surface area contributed by atoms with Crippen LogP contribution in [0.4, 0.5) is 0 Å². The number of benzene rings is 1. The molecule has 0 saturated heterocycles. The highest BCUT2D eigenvalue weighted by Crippen LogP contribution is 2.23. The van der Waals surface area contributed by atoms with Crippen molar-refractivity contribution >= 4 is 15.9 Å². The van der Waals surface area contributed by atoms with Gasteiger partial charge in [0.2, 0.25) is 0 Å². The molecule has 1 N–H and O–H groups in total. The Morgan fingerprint density at radius 3 is 2.81 bits per heavy atom. The first-order valence-corrected chi connectivity index (χ1v) is 6.41. The van der Waals surface area contributed by atoms with Gasteiger partial charge in [-0.25, -0.2) is 0 Å². The molecule has 0 aliphatic heterocycles. The van der Waals surface area contributed by atoms with Crippen LogP contribution in [0.25, 0.3) is 0 Å². The second-order valence-corrected chi connectivity index (χ2v) is 4.78. The molecule has 0 fully saturated rings. The van der Waals surface area contributed by atoms with E-state index >= 15 is 0 Å². The van der Waals surface area contributed by atoms with Gasteiger partial charge >= 0.3 is 0 Å². The topological polar surface area (TPSA) is 12.0 Å². The smallest absolute Gasteiger partial charge is 0.0431 e. The molecule has 0 spiro atoms. The molecule has 0 radical (unpaired) electrons. The fourth-order valence-electron chi connectivity index (χ4n) is 1.57. The number of hydrogen-bond acceptors (Lipinski definition) is 1. The third-order valence-electron chi connectivity index (χ3n) is 2.56. The summed E-state index contributed by atoms with van der Waals surface area (Å²) in [5.41, 5.74) is 2.50. The minimum atomic E-state index is 0.266. The van der Waals surface area contributed by atoms with Crippen LogP contribution in [0.2, 0.25) is 0 Å². The number of aryl methyl sites for hydroxylation is 1. The molecule has 0 saturated carbocycles. The van der Waals surface area contributed by atoms with E-state index in [0.717, 1.165) is 23.9 Å². The predicted octanol–water partition coefficient (Wildman–Crippen LogP) is 3.82. The number of hydrogen-bond donors (Lipinski definition) is 1. The maximum atomic E-state index is 5.40. The van der Waals surface area contributed by atoms with Crippen molar-refractivity contribution in [2.45, 2.75) is 32.7 Å². The van der Waals surface area contributed by atoms with Crippen LogP contribution in [0.5, 0.6) is 0 Å². The van der Waals surface area contributed by atoms with Crippen LogP contribution in [0.3, 0.4) is 0 Å². The molecule has 1 unspecified atom stereocenters. The second-order valence-electron chi connectivity index (χ2n) is 3.92. The molecule has 0 bridgehead atoms. The van der Waals surface area contributed by atoms with Gasteiger partial charge in [0, 0.05) is 16.9 Å². The Hall–Kier alpha value is -0.780. The molecule has 0 aliphatic carbocycles. The molecular weight excluding hydrogens is 262 g/mol. The van der Waals surface area contributed by atoms with E-state index < -0.39 is 0 Å². The first-order chi connectivity index (χ1) is 7.69. The van der Waals surface area contributed by atoms with Crippen LogP contribution in [-0.4, -0.2) is 6.54 Å². The minimum absolute atomic E-state index is 0.266. The van der Waals surface area contributed by atoms with Crippen molar-refractivity contribution in [1.82, 2.24) is 5.32 Å². The second kappa shape index (κ2) is 6.73. The van der Waals surface area contributed by atoms with Crippen molar-refractivity contribution in [3.8, 4) is 12.3 Å². The van der Waals surface area contributed by atoms with E-state index in [1.165, 1.54) is 11.1 Å². The van der Waals surface area contributed by atoms with Gasteiger partial charge in [0.1, 0.15) is 0 Å². The molecule has 1 aromatic rings. The summed E-state index contributed by atoms with van der Waals surface area (Å²) >= 11 is 3.55. The van der Waals surface area contributed by atoms with Crippen LogP contribution < -0.4 is 5.32 Å². The zero-order chi connectivity index (χ0) is 12.0. The molecule has 0 heterocycles. The molecule has 16 heavy (non-hydrogen) atoms. The van der Waals surface area contributed by atoms with Crippen molar-refractivity contribution in [3.05, 3.63) is 33.8 Å². The third kappa shape index (κ3) is 3.66. The van der Waals surface area contributed by atoms with Crippen LogP contribution in [0.15, 0.2) is 22.7 Å². The average Bonchev–Trinajstić information content (AvgIpc) is 2.28. The number of nitrogens with one attached hydrogen (secondary N) is 1. The monoisotopic (exact) mass is 279 g/mol. The van der Waals surface area contributed by atoms with Gasteiger partial charge < -0.3 is 5.32 Å². The normalized spacial score (nSPS) is 12.1. The van der Waals surface area contributed by atoms with Crippen LogP contribution in [-0.2, 0) is 0 Å².